The number of hydrogen-bond donors (Lipinski definition) is 0. The highest BCUT2D eigenvalue weighted by molar-refractivity contribution is 7.11. The van der Waals surface area contributed by atoms with Gasteiger partial charge in [-0.2, -0.15) is 0 Å². The molecule has 4 aromatic rings. The van der Waals surface area contributed by atoms with Crippen LogP contribution in [-0.4, -0.2) is 37.5 Å². The molecular formula is C23H23N5O2S. The van der Waals surface area contributed by atoms with E-state index in [2.05, 4.69) is 20.2 Å². The summed E-state index contributed by atoms with van der Waals surface area (Å²) in [4.78, 5) is 25.0. The fourth-order valence-corrected chi connectivity index (χ4v) is 5.15. The molecule has 5 rings (SSSR count). The minimum absolute atomic E-state index is 0.0829. The lowest BCUT2D eigenvalue weighted by molar-refractivity contribution is -0.134. The van der Waals surface area contributed by atoms with Crippen LogP contribution in [0.5, 0.6) is 0 Å². The van der Waals surface area contributed by atoms with Gasteiger partial charge in [-0.05, 0) is 44.6 Å². The number of piperidine rings is 1. The maximum Gasteiger partial charge on any atom is 0.267 e. The Bertz CT molecular complexity index is 1240. The molecule has 4 heterocycles. The first-order valence-electron chi connectivity index (χ1n) is 10.5. The summed E-state index contributed by atoms with van der Waals surface area (Å²) in [5, 5.41) is 11.6. The molecule has 1 amide bonds. The molecule has 7 nitrogen and oxygen atoms in total. The number of aromatic nitrogens is 4. The van der Waals surface area contributed by atoms with E-state index in [1.54, 1.807) is 17.5 Å². The van der Waals surface area contributed by atoms with E-state index in [0.29, 0.717) is 30.4 Å². The first kappa shape index (κ1) is 19.8. The third-order valence-corrected chi connectivity index (χ3v) is 6.81. The molecule has 1 atom stereocenters. The normalized spacial score (nSPS) is 16.7. The van der Waals surface area contributed by atoms with Crippen molar-refractivity contribution in [2.45, 2.75) is 45.6 Å². The Hall–Kier alpha value is -3.13. The summed E-state index contributed by atoms with van der Waals surface area (Å²) in [6.45, 7) is 4.63. The van der Waals surface area contributed by atoms with Gasteiger partial charge in [-0.25, -0.2) is 4.98 Å². The van der Waals surface area contributed by atoms with Crippen molar-refractivity contribution in [2.75, 3.05) is 6.54 Å². The summed E-state index contributed by atoms with van der Waals surface area (Å²) in [5.74, 6) is 0.952. The zero-order chi connectivity index (χ0) is 21.4. The van der Waals surface area contributed by atoms with Crippen molar-refractivity contribution in [1.29, 1.82) is 0 Å². The number of aryl methyl sites for hydroxylation is 2. The average molecular weight is 434 g/mol. The van der Waals surface area contributed by atoms with E-state index in [9.17, 15) is 4.79 Å². The number of rotatable bonds is 4. The summed E-state index contributed by atoms with van der Waals surface area (Å²) in [6, 6.07) is 9.74. The summed E-state index contributed by atoms with van der Waals surface area (Å²) >= 11 is 1.59. The van der Waals surface area contributed by atoms with E-state index < -0.39 is 0 Å². The molecule has 1 aliphatic heterocycles. The zero-order valence-electron chi connectivity index (χ0n) is 17.5. The van der Waals surface area contributed by atoms with Crippen molar-refractivity contribution in [3.8, 4) is 11.6 Å². The molecule has 31 heavy (non-hydrogen) atoms. The SMILES string of the molecule is Cc1nc(C)c(CC(=O)N2CCCC[C@H]2c2nnc(-c3nccc4ccccc34)o2)s1. The molecule has 0 unspecified atom stereocenters. The third-order valence-electron chi connectivity index (χ3n) is 5.74. The Morgan fingerprint density at radius 3 is 2.90 bits per heavy atom. The van der Waals surface area contributed by atoms with Gasteiger partial charge in [-0.15, -0.1) is 21.5 Å². The predicted molar refractivity (Wildman–Crippen MR) is 119 cm³/mol. The second kappa shape index (κ2) is 8.19. The predicted octanol–water partition coefficient (Wildman–Crippen LogP) is 4.65. The molecule has 0 spiro atoms. The first-order chi connectivity index (χ1) is 15.1. The summed E-state index contributed by atoms with van der Waals surface area (Å²) in [6.07, 6.45) is 4.93. The highest BCUT2D eigenvalue weighted by atomic mass is 32.1. The Morgan fingerprint density at radius 1 is 1.19 bits per heavy atom. The number of likely N-dealkylation sites (tertiary alicyclic amines) is 1. The lowest BCUT2D eigenvalue weighted by Gasteiger charge is -2.33. The number of fused-ring (bicyclic) bond motifs is 1. The lowest BCUT2D eigenvalue weighted by Crippen LogP contribution is -2.39. The number of carbonyl (C=O) groups is 1. The molecule has 1 saturated heterocycles. The van der Waals surface area contributed by atoms with E-state index in [-0.39, 0.29) is 11.9 Å². The molecule has 0 aliphatic carbocycles. The molecule has 3 aromatic heterocycles. The van der Waals surface area contributed by atoms with Crippen LogP contribution in [0.15, 0.2) is 40.9 Å². The summed E-state index contributed by atoms with van der Waals surface area (Å²) in [5.41, 5.74) is 1.60. The standard InChI is InChI=1S/C23H23N5O2S/c1-14-19(31-15(2)25-14)13-20(29)28-12-6-5-9-18(28)22-26-27-23(30-22)21-17-8-4-3-7-16(17)10-11-24-21/h3-4,7-8,10-11,18H,5-6,9,12-13H2,1-2H3/t18-/m0/s1. The van der Waals surface area contributed by atoms with Gasteiger partial charge in [0.15, 0.2) is 0 Å². The van der Waals surface area contributed by atoms with Crippen LogP contribution in [0.1, 0.15) is 46.8 Å². The first-order valence-corrected chi connectivity index (χ1v) is 11.3. The average Bonchev–Trinajstić information content (AvgIpc) is 3.39. The van der Waals surface area contributed by atoms with Gasteiger partial charge >= 0.3 is 0 Å². The molecule has 1 aliphatic rings. The van der Waals surface area contributed by atoms with E-state index in [1.165, 1.54) is 0 Å². The number of pyridine rings is 1. The van der Waals surface area contributed by atoms with Crippen molar-refractivity contribution in [3.05, 3.63) is 58.0 Å². The molecule has 1 fully saturated rings. The quantitative estimate of drug-likeness (QED) is 0.466. The van der Waals surface area contributed by atoms with Gasteiger partial charge < -0.3 is 9.32 Å². The van der Waals surface area contributed by atoms with Crippen molar-refractivity contribution in [1.82, 2.24) is 25.1 Å². The molecule has 0 saturated carbocycles. The van der Waals surface area contributed by atoms with Gasteiger partial charge in [0.1, 0.15) is 11.7 Å². The van der Waals surface area contributed by atoms with Crippen molar-refractivity contribution >= 4 is 28.0 Å². The lowest BCUT2D eigenvalue weighted by atomic mass is 10.0. The fourth-order valence-electron chi connectivity index (χ4n) is 4.22. The van der Waals surface area contributed by atoms with Crippen LogP contribution in [0.3, 0.4) is 0 Å². The number of thiazole rings is 1. The van der Waals surface area contributed by atoms with Gasteiger partial charge in [-0.1, -0.05) is 24.3 Å². The molecular weight excluding hydrogens is 410 g/mol. The third kappa shape index (κ3) is 3.83. The van der Waals surface area contributed by atoms with Gasteiger partial charge in [0, 0.05) is 23.0 Å². The van der Waals surface area contributed by atoms with Gasteiger partial charge in [0.2, 0.25) is 11.8 Å². The monoisotopic (exact) mass is 433 g/mol. The summed E-state index contributed by atoms with van der Waals surface area (Å²) < 4.78 is 6.09. The smallest absolute Gasteiger partial charge is 0.267 e. The minimum atomic E-state index is -0.202. The van der Waals surface area contributed by atoms with E-state index in [1.807, 2.05) is 49.1 Å². The Labute approximate surface area is 184 Å². The zero-order valence-corrected chi connectivity index (χ0v) is 18.4. The Balaban J connectivity index is 1.43. The maximum atomic E-state index is 13.2. The topological polar surface area (TPSA) is 85.0 Å². The van der Waals surface area contributed by atoms with Crippen LogP contribution < -0.4 is 0 Å². The number of benzene rings is 1. The largest absolute Gasteiger partial charge is 0.417 e. The number of hydrogen-bond acceptors (Lipinski definition) is 7. The highest BCUT2D eigenvalue weighted by Gasteiger charge is 2.32. The molecule has 0 bridgehead atoms. The second-order valence-electron chi connectivity index (χ2n) is 7.84. The fraction of sp³-hybridized carbons (Fsp3) is 0.348. The number of nitrogens with zero attached hydrogens (tertiary/aromatic N) is 5. The van der Waals surface area contributed by atoms with Crippen molar-refractivity contribution in [3.63, 3.8) is 0 Å². The number of amides is 1. The molecule has 0 N–H and O–H groups in total. The number of carbonyl (C=O) groups excluding carboxylic acids is 1. The van der Waals surface area contributed by atoms with Crippen molar-refractivity contribution < 1.29 is 9.21 Å². The molecule has 158 valence electrons. The van der Waals surface area contributed by atoms with E-state index >= 15 is 0 Å². The van der Waals surface area contributed by atoms with Crippen molar-refractivity contribution in [2.24, 2.45) is 0 Å². The van der Waals surface area contributed by atoms with E-state index in [4.69, 9.17) is 4.42 Å². The van der Waals surface area contributed by atoms with Crippen LogP contribution in [0.4, 0.5) is 0 Å². The van der Waals surface area contributed by atoms with Crippen LogP contribution in [-0.2, 0) is 11.2 Å². The van der Waals surface area contributed by atoms with Crippen LogP contribution >= 0.6 is 11.3 Å². The van der Waals surface area contributed by atoms with Gasteiger partial charge in [-0.3, -0.25) is 9.78 Å². The van der Waals surface area contributed by atoms with Crippen LogP contribution in [0.25, 0.3) is 22.4 Å². The minimum Gasteiger partial charge on any atom is -0.417 e. The Kier molecular flexibility index (Phi) is 5.23. The van der Waals surface area contributed by atoms with Gasteiger partial charge in [0.05, 0.1) is 17.1 Å². The maximum absolute atomic E-state index is 13.2. The Morgan fingerprint density at radius 2 is 2.06 bits per heavy atom. The summed E-state index contributed by atoms with van der Waals surface area (Å²) in [7, 11) is 0. The van der Waals surface area contributed by atoms with Crippen LogP contribution in [0.2, 0.25) is 0 Å². The van der Waals surface area contributed by atoms with Gasteiger partial charge in [0.25, 0.3) is 5.89 Å². The highest BCUT2D eigenvalue weighted by Crippen LogP contribution is 2.33. The van der Waals surface area contributed by atoms with E-state index in [0.717, 1.165) is 45.6 Å². The molecule has 0 radical (unpaired) electrons. The second-order valence-corrected chi connectivity index (χ2v) is 9.13. The molecule has 8 heteroatoms. The molecule has 1 aromatic carbocycles. The van der Waals surface area contributed by atoms with Crippen LogP contribution in [0, 0.1) is 13.8 Å².